The summed E-state index contributed by atoms with van der Waals surface area (Å²) in [6.07, 6.45) is 4.92. The summed E-state index contributed by atoms with van der Waals surface area (Å²) in [6.45, 7) is 11.9. The van der Waals surface area contributed by atoms with Crippen LogP contribution in [0.25, 0.3) is 0 Å². The summed E-state index contributed by atoms with van der Waals surface area (Å²) in [7, 11) is 0. The molecular formula is C20H33N3O. The Labute approximate surface area is 147 Å². The minimum Gasteiger partial charge on any atom is -0.352 e. The van der Waals surface area contributed by atoms with E-state index in [1.54, 1.807) is 0 Å². The predicted molar refractivity (Wildman–Crippen MR) is 100 cm³/mol. The summed E-state index contributed by atoms with van der Waals surface area (Å²) in [5.41, 5.74) is 2.03. The van der Waals surface area contributed by atoms with E-state index in [1.165, 1.54) is 44.5 Å². The van der Waals surface area contributed by atoms with E-state index >= 15 is 0 Å². The highest BCUT2D eigenvalue weighted by Crippen LogP contribution is 2.09. The lowest BCUT2D eigenvalue weighted by Gasteiger charge is -2.18. The molecule has 1 aliphatic heterocycles. The van der Waals surface area contributed by atoms with Crippen LogP contribution in [0, 0.1) is 0 Å². The first kappa shape index (κ1) is 18.9. The number of carbonyl (C=O) groups is 1. The zero-order valence-corrected chi connectivity index (χ0v) is 15.4. The number of carbonyl (C=O) groups excluding carboxylic acids is 1. The topological polar surface area (TPSA) is 35.6 Å². The molecule has 4 heteroatoms. The molecule has 0 radical (unpaired) electrons. The summed E-state index contributed by atoms with van der Waals surface area (Å²) < 4.78 is 0. The summed E-state index contributed by atoms with van der Waals surface area (Å²) in [4.78, 5) is 17.1. The molecule has 4 nitrogen and oxygen atoms in total. The number of benzene rings is 1. The van der Waals surface area contributed by atoms with Crippen molar-refractivity contribution in [3.63, 3.8) is 0 Å². The molecule has 134 valence electrons. The Kier molecular flexibility index (Phi) is 8.26. The van der Waals surface area contributed by atoms with Crippen molar-refractivity contribution in [2.75, 3.05) is 39.3 Å². The maximum atomic E-state index is 12.2. The molecule has 1 aromatic rings. The van der Waals surface area contributed by atoms with Crippen LogP contribution in [0.2, 0.25) is 0 Å². The summed E-state index contributed by atoms with van der Waals surface area (Å²) in [5, 5.41) is 3.04. The van der Waals surface area contributed by atoms with E-state index in [9.17, 15) is 4.79 Å². The van der Waals surface area contributed by atoms with E-state index in [0.29, 0.717) is 0 Å². The number of nitrogens with one attached hydrogen (secondary N) is 1. The van der Waals surface area contributed by atoms with Crippen molar-refractivity contribution >= 4 is 5.91 Å². The zero-order chi connectivity index (χ0) is 17.2. The van der Waals surface area contributed by atoms with Gasteiger partial charge in [0.15, 0.2) is 0 Å². The van der Waals surface area contributed by atoms with E-state index < -0.39 is 0 Å². The highest BCUT2D eigenvalue weighted by atomic mass is 16.1. The molecule has 2 rings (SSSR count). The molecule has 1 aliphatic rings. The van der Waals surface area contributed by atoms with Gasteiger partial charge < -0.3 is 10.2 Å². The summed E-state index contributed by atoms with van der Waals surface area (Å²) in [5.74, 6) is 0.0468. The number of likely N-dealkylation sites (tertiary alicyclic amines) is 1. The first-order valence-electron chi connectivity index (χ1n) is 9.54. The molecule has 1 N–H and O–H groups in total. The van der Waals surface area contributed by atoms with Crippen molar-refractivity contribution < 1.29 is 4.79 Å². The van der Waals surface area contributed by atoms with Crippen LogP contribution < -0.4 is 5.32 Å². The van der Waals surface area contributed by atoms with Crippen molar-refractivity contribution in [1.29, 1.82) is 0 Å². The quantitative estimate of drug-likeness (QED) is 0.669. The highest BCUT2D eigenvalue weighted by Gasteiger charge is 2.10. The van der Waals surface area contributed by atoms with Gasteiger partial charge in [0.2, 0.25) is 0 Å². The standard InChI is InChI=1S/C20H33N3O/c1-3-22(4-2)17-18-9-11-19(12-10-18)20(24)21-13-5-6-14-23-15-7-8-16-23/h9-12H,3-8,13-17H2,1-2H3,(H,21,24). The Bertz CT molecular complexity index is 476. The van der Waals surface area contributed by atoms with E-state index in [-0.39, 0.29) is 5.91 Å². The maximum absolute atomic E-state index is 12.2. The van der Waals surface area contributed by atoms with Crippen molar-refractivity contribution in [1.82, 2.24) is 15.1 Å². The number of hydrogen-bond donors (Lipinski definition) is 1. The highest BCUT2D eigenvalue weighted by molar-refractivity contribution is 5.94. The van der Waals surface area contributed by atoms with E-state index in [2.05, 4.69) is 41.1 Å². The molecule has 1 aromatic carbocycles. The maximum Gasteiger partial charge on any atom is 0.251 e. The third-order valence-corrected chi connectivity index (χ3v) is 4.90. The van der Waals surface area contributed by atoms with Gasteiger partial charge in [-0.3, -0.25) is 9.69 Å². The Balaban J connectivity index is 1.66. The molecule has 1 fully saturated rings. The molecule has 0 aromatic heterocycles. The van der Waals surface area contributed by atoms with E-state index in [0.717, 1.165) is 38.2 Å². The molecule has 0 aliphatic carbocycles. The van der Waals surface area contributed by atoms with Gasteiger partial charge in [0.1, 0.15) is 0 Å². The second-order valence-corrected chi connectivity index (χ2v) is 6.67. The molecule has 0 saturated carbocycles. The number of amides is 1. The zero-order valence-electron chi connectivity index (χ0n) is 15.4. The Morgan fingerprint density at radius 2 is 1.75 bits per heavy atom. The van der Waals surface area contributed by atoms with Gasteiger partial charge in [-0.05, 0) is 76.1 Å². The van der Waals surface area contributed by atoms with Gasteiger partial charge in [-0.1, -0.05) is 26.0 Å². The second-order valence-electron chi connectivity index (χ2n) is 6.67. The first-order valence-corrected chi connectivity index (χ1v) is 9.54. The van der Waals surface area contributed by atoms with E-state index in [1.807, 2.05) is 12.1 Å². The fourth-order valence-corrected chi connectivity index (χ4v) is 3.24. The van der Waals surface area contributed by atoms with Crippen LogP contribution in [0.4, 0.5) is 0 Å². The third-order valence-electron chi connectivity index (χ3n) is 4.90. The predicted octanol–water partition coefficient (Wildman–Crippen LogP) is 3.13. The van der Waals surface area contributed by atoms with Gasteiger partial charge in [0, 0.05) is 18.7 Å². The third kappa shape index (κ3) is 6.25. The van der Waals surface area contributed by atoms with E-state index in [4.69, 9.17) is 0 Å². The van der Waals surface area contributed by atoms with Crippen LogP contribution in [-0.2, 0) is 6.54 Å². The molecule has 1 saturated heterocycles. The molecule has 1 heterocycles. The molecule has 0 unspecified atom stereocenters. The largest absolute Gasteiger partial charge is 0.352 e. The summed E-state index contributed by atoms with van der Waals surface area (Å²) >= 11 is 0. The number of nitrogens with zero attached hydrogens (tertiary/aromatic N) is 2. The fraction of sp³-hybridized carbons (Fsp3) is 0.650. The molecule has 0 atom stereocenters. The fourth-order valence-electron chi connectivity index (χ4n) is 3.24. The van der Waals surface area contributed by atoms with Gasteiger partial charge >= 0.3 is 0 Å². The lowest BCUT2D eigenvalue weighted by Crippen LogP contribution is -2.26. The van der Waals surface area contributed by atoms with Gasteiger partial charge in [-0.2, -0.15) is 0 Å². The number of hydrogen-bond acceptors (Lipinski definition) is 3. The average molecular weight is 332 g/mol. The van der Waals surface area contributed by atoms with Crippen LogP contribution >= 0.6 is 0 Å². The molecular weight excluding hydrogens is 298 g/mol. The van der Waals surface area contributed by atoms with Crippen molar-refractivity contribution in [3.8, 4) is 0 Å². The minimum atomic E-state index is 0.0468. The van der Waals surface area contributed by atoms with Gasteiger partial charge in [0.25, 0.3) is 5.91 Å². The Morgan fingerprint density at radius 3 is 2.38 bits per heavy atom. The SMILES string of the molecule is CCN(CC)Cc1ccc(C(=O)NCCCCN2CCCC2)cc1. The van der Waals surface area contributed by atoms with Crippen LogP contribution in [0.5, 0.6) is 0 Å². The van der Waals surface area contributed by atoms with Crippen LogP contribution in [0.1, 0.15) is 55.5 Å². The second kappa shape index (κ2) is 10.5. The van der Waals surface area contributed by atoms with Crippen LogP contribution in [0.3, 0.4) is 0 Å². The van der Waals surface area contributed by atoms with Crippen LogP contribution in [0.15, 0.2) is 24.3 Å². The normalized spacial score (nSPS) is 15.1. The number of unbranched alkanes of at least 4 members (excludes halogenated alkanes) is 1. The molecule has 0 bridgehead atoms. The van der Waals surface area contributed by atoms with Gasteiger partial charge in [-0.15, -0.1) is 0 Å². The first-order chi connectivity index (χ1) is 11.7. The molecule has 24 heavy (non-hydrogen) atoms. The monoisotopic (exact) mass is 331 g/mol. The van der Waals surface area contributed by atoms with Crippen molar-refractivity contribution in [3.05, 3.63) is 35.4 Å². The van der Waals surface area contributed by atoms with Gasteiger partial charge in [-0.25, -0.2) is 0 Å². The average Bonchev–Trinajstić information content (AvgIpc) is 3.13. The summed E-state index contributed by atoms with van der Waals surface area (Å²) in [6, 6.07) is 8.03. The van der Waals surface area contributed by atoms with Crippen molar-refractivity contribution in [2.24, 2.45) is 0 Å². The Hall–Kier alpha value is -1.39. The molecule has 1 amide bonds. The van der Waals surface area contributed by atoms with Crippen LogP contribution in [-0.4, -0.2) is 55.0 Å². The minimum absolute atomic E-state index is 0.0468. The smallest absolute Gasteiger partial charge is 0.251 e. The lowest BCUT2D eigenvalue weighted by molar-refractivity contribution is 0.0952. The number of rotatable bonds is 10. The van der Waals surface area contributed by atoms with Crippen molar-refractivity contribution in [2.45, 2.75) is 46.1 Å². The molecule has 0 spiro atoms. The Morgan fingerprint density at radius 1 is 1.08 bits per heavy atom. The lowest BCUT2D eigenvalue weighted by atomic mass is 10.1. The van der Waals surface area contributed by atoms with Gasteiger partial charge in [0.05, 0.1) is 0 Å².